The van der Waals surface area contributed by atoms with Gasteiger partial charge in [0.25, 0.3) is 0 Å². The van der Waals surface area contributed by atoms with Crippen LogP contribution >= 0.6 is 11.3 Å². The maximum absolute atomic E-state index is 6.75. The number of anilines is 3. The van der Waals surface area contributed by atoms with Crippen molar-refractivity contribution in [2.75, 3.05) is 4.90 Å². The second kappa shape index (κ2) is 13.6. The van der Waals surface area contributed by atoms with Crippen LogP contribution in [-0.4, -0.2) is 0 Å². The quantitative estimate of drug-likeness (QED) is 0.167. The highest BCUT2D eigenvalue weighted by atomic mass is 32.1. The fourth-order valence-electron chi connectivity index (χ4n) is 9.01. The van der Waals surface area contributed by atoms with Crippen molar-refractivity contribution in [2.45, 2.75) is 0 Å². The zero-order valence-corrected chi connectivity index (χ0v) is 32.8. The Morgan fingerprint density at radius 3 is 1.81 bits per heavy atom. The van der Waals surface area contributed by atoms with Crippen LogP contribution in [0.2, 0.25) is 0 Å². The first-order valence-electron chi connectivity index (χ1n) is 20.1. The summed E-state index contributed by atoms with van der Waals surface area (Å²) in [6.45, 7) is 0. The lowest BCUT2D eigenvalue weighted by Crippen LogP contribution is -2.11. The van der Waals surface area contributed by atoms with E-state index in [9.17, 15) is 0 Å². The van der Waals surface area contributed by atoms with E-state index in [1.54, 1.807) is 0 Å². The van der Waals surface area contributed by atoms with E-state index in [1.165, 1.54) is 69.7 Å². The van der Waals surface area contributed by atoms with Crippen molar-refractivity contribution in [3.05, 3.63) is 212 Å². The molecular formula is C56H35NOS. The summed E-state index contributed by atoms with van der Waals surface area (Å²) in [4.78, 5) is 2.43. The van der Waals surface area contributed by atoms with E-state index in [0.29, 0.717) is 0 Å². The van der Waals surface area contributed by atoms with Crippen molar-refractivity contribution in [3.63, 3.8) is 0 Å². The maximum Gasteiger partial charge on any atom is 0.143 e. The monoisotopic (exact) mass is 769 g/mol. The molecule has 12 aromatic rings. The van der Waals surface area contributed by atoms with Gasteiger partial charge in [-0.1, -0.05) is 164 Å². The van der Waals surface area contributed by atoms with Crippen molar-refractivity contribution >= 4 is 92.1 Å². The molecule has 0 spiro atoms. The molecule has 0 saturated carbocycles. The third-order valence-electron chi connectivity index (χ3n) is 11.9. The molecule has 2 aromatic heterocycles. The number of fused-ring (bicyclic) bond motifs is 9. The standard InChI is InChI=1S/C56H35NOS/c1-2-13-41-35-42(28-27-36(41)11-1)39-25-23-37(24-26-39)38-29-32-43(33-30-38)57(51-20-10-21-52-54(51)49-34-31-40-12-3-4-14-44(40)55(49)58-52)50-19-7-5-15-45(50)47-17-9-18-48-46-16-6-8-22-53(46)59-56(47)48/h1-35H. The minimum atomic E-state index is 0.867. The van der Waals surface area contributed by atoms with Gasteiger partial charge in [0.05, 0.1) is 16.8 Å². The first kappa shape index (κ1) is 33.7. The van der Waals surface area contributed by atoms with E-state index in [2.05, 4.69) is 217 Å². The zero-order chi connectivity index (χ0) is 38.9. The van der Waals surface area contributed by atoms with Crippen LogP contribution < -0.4 is 4.90 Å². The average molecular weight is 770 g/mol. The lowest BCUT2D eigenvalue weighted by molar-refractivity contribution is 0.672. The lowest BCUT2D eigenvalue weighted by atomic mass is 9.97. The van der Waals surface area contributed by atoms with Crippen molar-refractivity contribution in [3.8, 4) is 33.4 Å². The summed E-state index contributed by atoms with van der Waals surface area (Å²) < 4.78 is 9.34. The van der Waals surface area contributed by atoms with Gasteiger partial charge in [-0.3, -0.25) is 0 Å². The Morgan fingerprint density at radius 2 is 0.966 bits per heavy atom. The summed E-state index contributed by atoms with van der Waals surface area (Å²) in [7, 11) is 0. The van der Waals surface area contributed by atoms with E-state index >= 15 is 0 Å². The van der Waals surface area contributed by atoms with Gasteiger partial charge in [0.15, 0.2) is 0 Å². The van der Waals surface area contributed by atoms with E-state index in [-0.39, 0.29) is 0 Å². The molecule has 0 bridgehead atoms. The first-order valence-corrected chi connectivity index (χ1v) is 20.9. The highest BCUT2D eigenvalue weighted by molar-refractivity contribution is 7.26. The Bertz CT molecular complexity index is 3560. The van der Waals surface area contributed by atoms with Gasteiger partial charge in [-0.15, -0.1) is 11.3 Å². The number of nitrogens with zero attached hydrogens (tertiary/aromatic N) is 1. The molecule has 276 valence electrons. The summed E-state index contributed by atoms with van der Waals surface area (Å²) in [5, 5.41) is 9.58. The number of thiophene rings is 1. The highest BCUT2D eigenvalue weighted by Crippen LogP contribution is 2.49. The molecule has 0 fully saturated rings. The summed E-state index contributed by atoms with van der Waals surface area (Å²) >= 11 is 1.87. The first-order chi connectivity index (χ1) is 29.2. The van der Waals surface area contributed by atoms with Crippen LogP contribution in [0.1, 0.15) is 0 Å². The molecule has 12 rings (SSSR count). The molecule has 0 N–H and O–H groups in total. The average Bonchev–Trinajstić information content (AvgIpc) is 3.89. The third kappa shape index (κ3) is 5.55. The van der Waals surface area contributed by atoms with Crippen LogP contribution in [-0.2, 0) is 0 Å². The second-order valence-corrected chi connectivity index (χ2v) is 16.3. The topological polar surface area (TPSA) is 16.4 Å². The molecule has 0 saturated heterocycles. The van der Waals surface area contributed by atoms with Crippen molar-refractivity contribution in [1.29, 1.82) is 0 Å². The lowest BCUT2D eigenvalue weighted by Gasteiger charge is -2.29. The number of benzene rings is 10. The van der Waals surface area contributed by atoms with Gasteiger partial charge in [-0.05, 0) is 86.9 Å². The van der Waals surface area contributed by atoms with Crippen molar-refractivity contribution in [2.24, 2.45) is 0 Å². The van der Waals surface area contributed by atoms with Gasteiger partial charge in [0, 0.05) is 47.8 Å². The molecule has 2 nitrogen and oxygen atoms in total. The van der Waals surface area contributed by atoms with E-state index in [1.807, 2.05) is 11.3 Å². The van der Waals surface area contributed by atoms with Crippen LogP contribution in [0, 0.1) is 0 Å². The van der Waals surface area contributed by atoms with Gasteiger partial charge in [-0.2, -0.15) is 0 Å². The number of hydrogen-bond acceptors (Lipinski definition) is 3. The smallest absolute Gasteiger partial charge is 0.143 e. The minimum absolute atomic E-state index is 0.867. The predicted octanol–water partition coefficient (Wildman–Crippen LogP) is 16.7. The highest BCUT2D eigenvalue weighted by Gasteiger charge is 2.23. The van der Waals surface area contributed by atoms with Crippen LogP contribution in [0.5, 0.6) is 0 Å². The number of furan rings is 1. The number of hydrogen-bond donors (Lipinski definition) is 0. The minimum Gasteiger partial charge on any atom is -0.455 e. The van der Waals surface area contributed by atoms with Crippen LogP contribution in [0.3, 0.4) is 0 Å². The van der Waals surface area contributed by atoms with Gasteiger partial charge in [-0.25, -0.2) is 0 Å². The molecule has 0 atom stereocenters. The number of para-hydroxylation sites is 1. The predicted molar refractivity (Wildman–Crippen MR) is 253 cm³/mol. The zero-order valence-electron chi connectivity index (χ0n) is 32.0. The Labute approximate surface area is 345 Å². The molecule has 10 aromatic carbocycles. The Kier molecular flexibility index (Phi) is 7.75. The molecule has 3 heteroatoms. The molecule has 0 aliphatic carbocycles. The molecule has 2 heterocycles. The molecule has 0 aliphatic rings. The van der Waals surface area contributed by atoms with Crippen LogP contribution in [0.25, 0.3) is 97.0 Å². The second-order valence-electron chi connectivity index (χ2n) is 15.2. The maximum atomic E-state index is 6.75. The largest absolute Gasteiger partial charge is 0.455 e. The van der Waals surface area contributed by atoms with E-state index in [0.717, 1.165) is 44.4 Å². The Hall–Kier alpha value is -7.46. The van der Waals surface area contributed by atoms with Crippen LogP contribution in [0.4, 0.5) is 17.1 Å². The van der Waals surface area contributed by atoms with E-state index < -0.39 is 0 Å². The molecule has 0 amide bonds. The summed E-state index contributed by atoms with van der Waals surface area (Å²) in [6.07, 6.45) is 0. The van der Waals surface area contributed by atoms with Crippen LogP contribution in [0.15, 0.2) is 217 Å². The summed E-state index contributed by atoms with van der Waals surface area (Å²) in [6, 6.07) is 76.9. The SMILES string of the molecule is c1ccc(N(c2ccc(-c3ccc(-c4ccc5ccccc5c4)cc3)cc2)c2cccc3oc4c5ccccc5ccc4c23)c(-c2cccc3c2sc2ccccc23)c1. The summed E-state index contributed by atoms with van der Waals surface area (Å²) in [5.41, 5.74) is 12.2. The molecule has 0 aliphatic heterocycles. The van der Waals surface area contributed by atoms with Gasteiger partial charge < -0.3 is 9.32 Å². The fraction of sp³-hybridized carbons (Fsp3) is 0. The molecular weight excluding hydrogens is 735 g/mol. The van der Waals surface area contributed by atoms with Gasteiger partial charge >= 0.3 is 0 Å². The Morgan fingerprint density at radius 1 is 0.373 bits per heavy atom. The van der Waals surface area contributed by atoms with Gasteiger partial charge in [0.1, 0.15) is 11.2 Å². The van der Waals surface area contributed by atoms with E-state index in [4.69, 9.17) is 4.42 Å². The molecule has 0 radical (unpaired) electrons. The Balaban J connectivity index is 1.02. The van der Waals surface area contributed by atoms with Gasteiger partial charge in [0.2, 0.25) is 0 Å². The molecule has 0 unspecified atom stereocenters. The number of rotatable bonds is 6. The fourth-order valence-corrected chi connectivity index (χ4v) is 10.2. The normalized spacial score (nSPS) is 11.7. The van der Waals surface area contributed by atoms with Crippen molar-refractivity contribution in [1.82, 2.24) is 0 Å². The molecule has 59 heavy (non-hydrogen) atoms. The summed E-state index contributed by atoms with van der Waals surface area (Å²) in [5.74, 6) is 0. The third-order valence-corrected chi connectivity index (χ3v) is 13.1. The van der Waals surface area contributed by atoms with Crippen molar-refractivity contribution < 1.29 is 4.42 Å².